The first kappa shape index (κ1) is 15.3. The number of carbonyl (C=O) groups is 2. The summed E-state index contributed by atoms with van der Waals surface area (Å²) in [6, 6.07) is 7.79. The van der Waals surface area contributed by atoms with E-state index in [0.29, 0.717) is 5.69 Å². The summed E-state index contributed by atoms with van der Waals surface area (Å²) in [5.41, 5.74) is 0.464. The fourth-order valence-corrected chi connectivity index (χ4v) is 2.43. The van der Waals surface area contributed by atoms with E-state index < -0.39 is 5.97 Å². The van der Waals surface area contributed by atoms with Crippen LogP contribution in [0.5, 0.6) is 0 Å². The maximum absolute atomic E-state index is 11.8. The maximum Gasteiger partial charge on any atom is 0.335 e. The van der Waals surface area contributed by atoms with E-state index in [1.807, 2.05) is 12.1 Å². The average molecular weight is 323 g/mol. The number of hydrogen-bond donors (Lipinski definition) is 2. The Labute approximate surface area is 130 Å². The molecule has 0 aliphatic rings. The zero-order chi connectivity index (χ0) is 15.2. The van der Waals surface area contributed by atoms with Gasteiger partial charge >= 0.3 is 5.97 Å². The predicted molar refractivity (Wildman–Crippen MR) is 82.0 cm³/mol. The molecule has 0 aliphatic heterocycles. The number of nitrogens with one attached hydrogen (secondary N) is 1. The number of carbonyl (C=O) groups excluding carboxylic acids is 1. The van der Waals surface area contributed by atoms with Crippen LogP contribution < -0.4 is 5.32 Å². The van der Waals surface area contributed by atoms with Crippen LogP contribution >= 0.6 is 23.4 Å². The number of aromatic nitrogens is 1. The van der Waals surface area contributed by atoms with Crippen molar-refractivity contribution in [2.75, 3.05) is 11.1 Å². The highest BCUT2D eigenvalue weighted by atomic mass is 35.5. The lowest BCUT2D eigenvalue weighted by atomic mass is 10.2. The van der Waals surface area contributed by atoms with Gasteiger partial charge in [0.2, 0.25) is 5.91 Å². The van der Waals surface area contributed by atoms with Gasteiger partial charge in [-0.3, -0.25) is 9.78 Å². The minimum absolute atomic E-state index is 0.0733. The Morgan fingerprint density at radius 2 is 1.95 bits per heavy atom. The summed E-state index contributed by atoms with van der Waals surface area (Å²) in [4.78, 5) is 27.5. The molecule has 0 unspecified atom stereocenters. The molecule has 1 heterocycles. The van der Waals surface area contributed by atoms with Gasteiger partial charge in [0, 0.05) is 17.3 Å². The van der Waals surface area contributed by atoms with Crippen molar-refractivity contribution < 1.29 is 14.7 Å². The molecule has 5 nitrogen and oxygen atoms in total. The van der Waals surface area contributed by atoms with Gasteiger partial charge in [-0.15, -0.1) is 11.8 Å². The number of pyridine rings is 1. The minimum atomic E-state index is -1.07. The fraction of sp³-hybridized carbons (Fsp3) is 0.0714. The second-order valence-electron chi connectivity index (χ2n) is 4.02. The minimum Gasteiger partial charge on any atom is -0.478 e. The van der Waals surface area contributed by atoms with Crippen LogP contribution in [0.3, 0.4) is 0 Å². The highest BCUT2D eigenvalue weighted by Gasteiger charge is 2.10. The maximum atomic E-state index is 11.8. The van der Waals surface area contributed by atoms with Gasteiger partial charge in [-0.2, -0.15) is 0 Å². The molecule has 1 aromatic heterocycles. The largest absolute Gasteiger partial charge is 0.478 e. The zero-order valence-electron chi connectivity index (χ0n) is 10.7. The van der Waals surface area contributed by atoms with Crippen molar-refractivity contribution in [2.24, 2.45) is 0 Å². The molecule has 2 N–H and O–H groups in total. The number of halogens is 1. The lowest BCUT2D eigenvalue weighted by Gasteiger charge is -2.07. The third kappa shape index (κ3) is 4.47. The Bertz CT molecular complexity index is 665. The van der Waals surface area contributed by atoms with E-state index in [-0.39, 0.29) is 22.2 Å². The molecule has 1 aromatic carbocycles. The first-order chi connectivity index (χ1) is 10.1. The molecule has 2 rings (SSSR count). The van der Waals surface area contributed by atoms with Crippen LogP contribution in [0.2, 0.25) is 5.02 Å². The van der Waals surface area contributed by atoms with Gasteiger partial charge in [-0.1, -0.05) is 11.6 Å². The van der Waals surface area contributed by atoms with Crippen LogP contribution in [0.25, 0.3) is 0 Å². The summed E-state index contributed by atoms with van der Waals surface area (Å²) in [7, 11) is 0. The predicted octanol–water partition coefficient (Wildman–Crippen LogP) is 3.16. The van der Waals surface area contributed by atoms with Crippen molar-refractivity contribution >= 4 is 40.9 Å². The molecular formula is C14H11ClN2O3S. The summed E-state index contributed by atoms with van der Waals surface area (Å²) in [5, 5.41) is 11.7. The second-order valence-corrected chi connectivity index (χ2v) is 5.48. The quantitative estimate of drug-likeness (QED) is 0.827. The third-order valence-electron chi connectivity index (χ3n) is 2.51. The molecule has 0 atom stereocenters. The number of aromatic carboxylic acids is 1. The number of amides is 1. The van der Waals surface area contributed by atoms with Crippen molar-refractivity contribution in [2.45, 2.75) is 4.90 Å². The van der Waals surface area contributed by atoms with Crippen molar-refractivity contribution in [1.29, 1.82) is 0 Å². The number of anilines is 1. The van der Waals surface area contributed by atoms with Gasteiger partial charge < -0.3 is 10.4 Å². The van der Waals surface area contributed by atoms with E-state index in [1.54, 1.807) is 12.4 Å². The lowest BCUT2D eigenvalue weighted by Crippen LogP contribution is -2.14. The van der Waals surface area contributed by atoms with Gasteiger partial charge in [-0.05, 0) is 30.3 Å². The monoisotopic (exact) mass is 322 g/mol. The molecule has 1 amide bonds. The summed E-state index contributed by atoms with van der Waals surface area (Å²) in [5.74, 6) is -1.06. The number of carboxylic acids is 1. The Morgan fingerprint density at radius 1 is 1.24 bits per heavy atom. The lowest BCUT2D eigenvalue weighted by molar-refractivity contribution is -0.113. The summed E-state index contributed by atoms with van der Waals surface area (Å²) in [6.45, 7) is 0. The van der Waals surface area contributed by atoms with Gasteiger partial charge in [0.15, 0.2) is 0 Å². The van der Waals surface area contributed by atoms with Crippen molar-refractivity contribution in [1.82, 2.24) is 4.98 Å². The summed E-state index contributed by atoms with van der Waals surface area (Å²) in [6.07, 6.45) is 3.31. The molecule has 0 aliphatic carbocycles. The number of benzene rings is 1. The van der Waals surface area contributed by atoms with E-state index in [2.05, 4.69) is 10.3 Å². The van der Waals surface area contributed by atoms with Crippen LogP contribution in [0.15, 0.2) is 47.6 Å². The molecule has 0 spiro atoms. The smallest absolute Gasteiger partial charge is 0.335 e. The van der Waals surface area contributed by atoms with Crippen molar-refractivity contribution in [3.8, 4) is 0 Å². The Hall–Kier alpha value is -2.05. The molecule has 0 saturated carbocycles. The van der Waals surface area contributed by atoms with E-state index >= 15 is 0 Å². The Kier molecular flexibility index (Phi) is 5.19. The standard InChI is InChI=1S/C14H11ClN2O3S/c15-11-7-9(14(19)20)1-2-12(11)17-13(18)8-21-10-3-5-16-6-4-10/h1-7H,8H2,(H,17,18)(H,19,20). The van der Waals surface area contributed by atoms with E-state index in [9.17, 15) is 9.59 Å². The van der Waals surface area contributed by atoms with Gasteiger partial charge in [0.25, 0.3) is 0 Å². The molecule has 0 saturated heterocycles. The molecule has 0 fully saturated rings. The van der Waals surface area contributed by atoms with Crippen molar-refractivity contribution in [3.05, 3.63) is 53.3 Å². The molecule has 108 valence electrons. The van der Waals surface area contributed by atoms with E-state index in [4.69, 9.17) is 16.7 Å². The molecule has 0 bridgehead atoms. The van der Waals surface area contributed by atoms with E-state index in [1.165, 1.54) is 30.0 Å². The average Bonchev–Trinajstić information content (AvgIpc) is 2.48. The molecule has 2 aromatic rings. The van der Waals surface area contributed by atoms with E-state index in [0.717, 1.165) is 4.90 Å². The molecule has 7 heteroatoms. The Morgan fingerprint density at radius 3 is 2.57 bits per heavy atom. The SMILES string of the molecule is O=C(CSc1ccncc1)Nc1ccc(C(=O)O)cc1Cl. The Balaban J connectivity index is 1.95. The number of hydrogen-bond acceptors (Lipinski definition) is 4. The molecule has 0 radical (unpaired) electrons. The van der Waals surface area contributed by atoms with Crippen LogP contribution in [-0.2, 0) is 4.79 Å². The number of rotatable bonds is 5. The number of carboxylic acid groups (broad SMARTS) is 1. The number of nitrogens with zero attached hydrogens (tertiary/aromatic N) is 1. The fourth-order valence-electron chi connectivity index (χ4n) is 1.52. The van der Waals surface area contributed by atoms with Crippen molar-refractivity contribution in [3.63, 3.8) is 0 Å². The highest BCUT2D eigenvalue weighted by Crippen LogP contribution is 2.24. The second kappa shape index (κ2) is 7.10. The summed E-state index contributed by atoms with van der Waals surface area (Å²) < 4.78 is 0. The highest BCUT2D eigenvalue weighted by molar-refractivity contribution is 8.00. The summed E-state index contributed by atoms with van der Waals surface area (Å²) >= 11 is 7.31. The number of thioether (sulfide) groups is 1. The van der Waals surface area contributed by atoms with Crippen LogP contribution in [0.4, 0.5) is 5.69 Å². The molecule has 21 heavy (non-hydrogen) atoms. The van der Waals surface area contributed by atoms with Crippen LogP contribution in [0.1, 0.15) is 10.4 Å². The van der Waals surface area contributed by atoms with Gasteiger partial charge in [0.05, 0.1) is 22.0 Å². The first-order valence-corrected chi connectivity index (χ1v) is 7.28. The van der Waals surface area contributed by atoms with Gasteiger partial charge in [0.1, 0.15) is 0 Å². The third-order valence-corrected chi connectivity index (χ3v) is 3.83. The topological polar surface area (TPSA) is 79.3 Å². The normalized spacial score (nSPS) is 10.1. The molecular weight excluding hydrogens is 312 g/mol. The first-order valence-electron chi connectivity index (χ1n) is 5.92. The van der Waals surface area contributed by atoms with Crippen LogP contribution in [0, 0.1) is 0 Å². The van der Waals surface area contributed by atoms with Crippen LogP contribution in [-0.4, -0.2) is 27.7 Å². The van der Waals surface area contributed by atoms with Gasteiger partial charge in [-0.25, -0.2) is 4.79 Å². The zero-order valence-corrected chi connectivity index (χ0v) is 12.3.